The van der Waals surface area contributed by atoms with E-state index in [1.807, 2.05) is 67.6 Å². The first-order chi connectivity index (χ1) is 17.0. The number of rotatable bonds is 5. The fraction of sp³-hybridized carbons (Fsp3) is 0.296. The summed E-state index contributed by atoms with van der Waals surface area (Å²) in [5.41, 5.74) is 3.21. The van der Waals surface area contributed by atoms with Gasteiger partial charge in [0.25, 0.3) is 5.56 Å². The zero-order valence-electron chi connectivity index (χ0n) is 19.3. The van der Waals surface area contributed by atoms with Crippen LogP contribution in [0.3, 0.4) is 0 Å². The highest BCUT2D eigenvalue weighted by atomic mass is 16.5. The van der Waals surface area contributed by atoms with Crippen molar-refractivity contribution in [1.29, 1.82) is 0 Å². The van der Waals surface area contributed by atoms with Gasteiger partial charge in [0, 0.05) is 24.7 Å². The summed E-state index contributed by atoms with van der Waals surface area (Å²) in [4.78, 5) is 40.0. The van der Waals surface area contributed by atoms with Gasteiger partial charge in [-0.3, -0.25) is 19.1 Å². The van der Waals surface area contributed by atoms with Crippen LogP contribution in [0, 0.1) is 0 Å². The molecule has 0 spiro atoms. The number of hydrogen-bond acceptors (Lipinski definition) is 5. The van der Waals surface area contributed by atoms with Crippen molar-refractivity contribution >= 4 is 18.1 Å². The van der Waals surface area contributed by atoms with Crippen LogP contribution in [-0.4, -0.2) is 39.3 Å². The number of fused-ring (bicyclic) bond motifs is 2. The summed E-state index contributed by atoms with van der Waals surface area (Å²) in [7, 11) is 0. The van der Waals surface area contributed by atoms with Crippen molar-refractivity contribution in [3.63, 3.8) is 0 Å². The SMILES string of the molecule is CCc1cn([C@H]2C[C@H](O)[C@@H](CNC(=O)C3c4ccccc4C=Cc4ccccc43)O2)c(=O)[nH]c1=O. The van der Waals surface area contributed by atoms with E-state index >= 15 is 0 Å². The first kappa shape index (κ1) is 23.0. The number of nitrogens with one attached hydrogen (secondary N) is 2. The third-order valence-corrected chi connectivity index (χ3v) is 6.73. The highest BCUT2D eigenvalue weighted by Gasteiger charge is 2.37. The van der Waals surface area contributed by atoms with E-state index in [1.165, 1.54) is 10.8 Å². The van der Waals surface area contributed by atoms with Crippen LogP contribution in [0.15, 0.2) is 64.3 Å². The second-order valence-electron chi connectivity index (χ2n) is 8.88. The van der Waals surface area contributed by atoms with Crippen LogP contribution >= 0.6 is 0 Å². The van der Waals surface area contributed by atoms with Crippen LogP contribution in [0.5, 0.6) is 0 Å². The number of aliphatic hydroxyl groups is 1. The van der Waals surface area contributed by atoms with Gasteiger partial charge in [0.2, 0.25) is 5.91 Å². The molecule has 1 aromatic heterocycles. The van der Waals surface area contributed by atoms with E-state index in [4.69, 9.17) is 4.74 Å². The Morgan fingerprint density at radius 3 is 2.34 bits per heavy atom. The topological polar surface area (TPSA) is 113 Å². The predicted molar refractivity (Wildman–Crippen MR) is 132 cm³/mol. The molecule has 8 heteroatoms. The Hall–Kier alpha value is -3.75. The average Bonchev–Trinajstić information content (AvgIpc) is 3.13. The van der Waals surface area contributed by atoms with Crippen molar-refractivity contribution in [2.75, 3.05) is 6.54 Å². The fourth-order valence-electron chi connectivity index (χ4n) is 4.85. The maximum Gasteiger partial charge on any atom is 0.330 e. The molecule has 1 aliphatic heterocycles. The highest BCUT2D eigenvalue weighted by Crippen LogP contribution is 2.35. The third kappa shape index (κ3) is 4.38. The molecule has 0 radical (unpaired) electrons. The normalized spacial score (nSPS) is 21.3. The lowest BCUT2D eigenvalue weighted by Crippen LogP contribution is -2.40. The molecule has 0 unspecified atom stereocenters. The number of hydrogen-bond donors (Lipinski definition) is 3. The van der Waals surface area contributed by atoms with E-state index in [0.717, 1.165) is 22.3 Å². The highest BCUT2D eigenvalue weighted by molar-refractivity contribution is 5.92. The van der Waals surface area contributed by atoms with Crippen molar-refractivity contribution in [2.24, 2.45) is 0 Å². The summed E-state index contributed by atoms with van der Waals surface area (Å²) in [5.74, 6) is -0.706. The molecule has 3 N–H and O–H groups in total. The van der Waals surface area contributed by atoms with Gasteiger partial charge in [0.15, 0.2) is 0 Å². The van der Waals surface area contributed by atoms with Gasteiger partial charge in [-0.05, 0) is 28.7 Å². The first-order valence-corrected chi connectivity index (χ1v) is 11.8. The Kier molecular flexibility index (Phi) is 6.23. The molecule has 35 heavy (non-hydrogen) atoms. The zero-order chi connectivity index (χ0) is 24.5. The lowest BCUT2D eigenvalue weighted by Gasteiger charge is -2.22. The molecule has 1 aliphatic carbocycles. The van der Waals surface area contributed by atoms with Gasteiger partial charge in [0.1, 0.15) is 12.3 Å². The van der Waals surface area contributed by atoms with Crippen LogP contribution in [0.1, 0.15) is 53.3 Å². The van der Waals surface area contributed by atoms with E-state index in [9.17, 15) is 19.5 Å². The lowest BCUT2D eigenvalue weighted by atomic mass is 9.87. The minimum absolute atomic E-state index is 0.0868. The van der Waals surface area contributed by atoms with Crippen molar-refractivity contribution in [1.82, 2.24) is 14.9 Å². The summed E-state index contributed by atoms with van der Waals surface area (Å²) in [6.45, 7) is 1.91. The van der Waals surface area contributed by atoms with E-state index in [0.29, 0.717) is 12.0 Å². The van der Waals surface area contributed by atoms with Crippen molar-refractivity contribution in [3.8, 4) is 0 Å². The summed E-state index contributed by atoms with van der Waals surface area (Å²) in [6.07, 6.45) is 3.85. The number of aryl methyl sites for hydroxylation is 1. The molecule has 0 bridgehead atoms. The van der Waals surface area contributed by atoms with Crippen molar-refractivity contribution < 1.29 is 14.6 Å². The minimum Gasteiger partial charge on any atom is -0.390 e. The van der Waals surface area contributed by atoms with E-state index in [-0.39, 0.29) is 18.9 Å². The number of carbonyl (C=O) groups excluding carboxylic acids is 1. The molecule has 2 aliphatic rings. The molecule has 8 nitrogen and oxygen atoms in total. The Bertz CT molecular complexity index is 1360. The Balaban J connectivity index is 1.35. The van der Waals surface area contributed by atoms with Gasteiger partial charge in [-0.2, -0.15) is 0 Å². The molecular weight excluding hydrogens is 446 g/mol. The van der Waals surface area contributed by atoms with E-state index in [1.54, 1.807) is 0 Å². The summed E-state index contributed by atoms with van der Waals surface area (Å²) in [6, 6.07) is 15.6. The largest absolute Gasteiger partial charge is 0.390 e. The monoisotopic (exact) mass is 473 g/mol. The number of nitrogens with zero attached hydrogens (tertiary/aromatic N) is 1. The molecule has 5 rings (SSSR count). The molecule has 2 heterocycles. The van der Waals surface area contributed by atoms with Gasteiger partial charge in [-0.15, -0.1) is 0 Å². The second kappa shape index (κ2) is 9.48. The van der Waals surface area contributed by atoms with Crippen LogP contribution in [0.25, 0.3) is 12.2 Å². The average molecular weight is 474 g/mol. The molecule has 180 valence electrons. The van der Waals surface area contributed by atoms with E-state index in [2.05, 4.69) is 10.3 Å². The smallest absolute Gasteiger partial charge is 0.330 e. The number of aromatic amines is 1. The summed E-state index contributed by atoms with van der Waals surface area (Å²) < 4.78 is 7.25. The van der Waals surface area contributed by atoms with Crippen molar-refractivity contribution in [2.45, 2.75) is 44.1 Å². The van der Waals surface area contributed by atoms with Crippen molar-refractivity contribution in [3.05, 3.63) is 103 Å². The molecule has 1 saturated heterocycles. The Morgan fingerprint density at radius 2 is 1.71 bits per heavy atom. The summed E-state index contributed by atoms with van der Waals surface area (Å²) in [5, 5.41) is 13.6. The molecule has 3 aromatic rings. The van der Waals surface area contributed by atoms with E-state index < -0.39 is 35.6 Å². The molecule has 3 atom stereocenters. The van der Waals surface area contributed by atoms with Gasteiger partial charge in [0.05, 0.1) is 12.0 Å². The fourth-order valence-corrected chi connectivity index (χ4v) is 4.85. The molecule has 1 amide bonds. The summed E-state index contributed by atoms with van der Waals surface area (Å²) >= 11 is 0. The Morgan fingerprint density at radius 1 is 1.09 bits per heavy atom. The van der Waals surface area contributed by atoms with Crippen LogP contribution in [0.2, 0.25) is 0 Å². The molecule has 1 fully saturated rings. The quantitative estimate of drug-likeness (QED) is 0.526. The third-order valence-electron chi connectivity index (χ3n) is 6.73. The maximum atomic E-state index is 13.5. The number of H-pyrrole nitrogens is 1. The van der Waals surface area contributed by atoms with Crippen LogP contribution in [-0.2, 0) is 16.0 Å². The first-order valence-electron chi connectivity index (χ1n) is 11.8. The number of ether oxygens (including phenoxy) is 1. The zero-order valence-corrected chi connectivity index (χ0v) is 19.3. The lowest BCUT2D eigenvalue weighted by molar-refractivity contribution is -0.122. The standard InChI is InChI=1S/C27H27N3O5/c1-2-16-15-30(27(34)29-25(16)32)23-13-21(31)22(35-23)14-28-26(33)24-19-9-5-3-7-17(19)11-12-18-8-4-6-10-20(18)24/h3-12,15,21-24,31H,2,13-14H2,1H3,(H,28,33)(H,29,32,34)/t21-,22+,23+/m0/s1. The van der Waals surface area contributed by atoms with Gasteiger partial charge in [-0.25, -0.2) is 4.79 Å². The molecule has 2 aromatic carbocycles. The Labute approximate surface area is 201 Å². The van der Waals surface area contributed by atoms with Gasteiger partial charge < -0.3 is 15.2 Å². The molecular formula is C27H27N3O5. The number of carbonyl (C=O) groups is 1. The minimum atomic E-state index is -0.875. The number of aliphatic hydroxyl groups excluding tert-OH is 1. The van der Waals surface area contributed by atoms with Crippen LogP contribution in [0.4, 0.5) is 0 Å². The number of amides is 1. The van der Waals surface area contributed by atoms with Crippen LogP contribution < -0.4 is 16.6 Å². The molecule has 0 saturated carbocycles. The number of benzene rings is 2. The maximum absolute atomic E-state index is 13.5. The van der Waals surface area contributed by atoms with Gasteiger partial charge in [-0.1, -0.05) is 67.6 Å². The second-order valence-corrected chi connectivity index (χ2v) is 8.88. The number of aromatic nitrogens is 2. The predicted octanol–water partition coefficient (Wildman–Crippen LogP) is 2.18. The van der Waals surface area contributed by atoms with Gasteiger partial charge >= 0.3 is 5.69 Å².